The van der Waals surface area contributed by atoms with Crippen LogP contribution < -0.4 is 0 Å². The molecule has 17 heavy (non-hydrogen) atoms. The molecule has 5 nitrogen and oxygen atoms in total. The summed E-state index contributed by atoms with van der Waals surface area (Å²) in [5.41, 5.74) is 0. The van der Waals surface area contributed by atoms with Gasteiger partial charge in [-0.15, -0.1) is 0 Å². The van der Waals surface area contributed by atoms with Crippen molar-refractivity contribution in [2.24, 2.45) is 0 Å². The smallest absolute Gasteiger partial charge is 0.410 e. The van der Waals surface area contributed by atoms with E-state index in [1.807, 2.05) is 0 Å². The van der Waals surface area contributed by atoms with E-state index in [-0.39, 0.29) is 0 Å². The van der Waals surface area contributed by atoms with E-state index in [9.17, 15) is 18.4 Å². The zero-order chi connectivity index (χ0) is 13.2. The van der Waals surface area contributed by atoms with Crippen LogP contribution in [0.1, 0.15) is 26.7 Å². The van der Waals surface area contributed by atoms with Gasteiger partial charge in [-0.05, 0) is 13.3 Å². The lowest BCUT2D eigenvalue weighted by atomic mass is 10.2. The molecule has 1 saturated heterocycles. The van der Waals surface area contributed by atoms with Crippen LogP contribution in [0.15, 0.2) is 0 Å². The van der Waals surface area contributed by atoms with Crippen LogP contribution in [0.4, 0.5) is 13.6 Å². The van der Waals surface area contributed by atoms with E-state index in [1.54, 1.807) is 13.8 Å². The predicted molar refractivity (Wildman–Crippen MR) is 53.9 cm³/mol. The van der Waals surface area contributed by atoms with Crippen LogP contribution in [0, 0.1) is 0 Å². The molecule has 0 saturated carbocycles. The van der Waals surface area contributed by atoms with E-state index >= 15 is 0 Å². The molecule has 0 aliphatic carbocycles. The molecule has 1 rings (SSSR count). The Bertz CT molecular complexity index is 321. The van der Waals surface area contributed by atoms with Gasteiger partial charge in [-0.3, -0.25) is 4.90 Å². The number of carboxylic acid groups (broad SMARTS) is 1. The maximum Gasteiger partial charge on any atom is 0.410 e. The minimum atomic E-state index is -3.17. The Morgan fingerprint density at radius 1 is 1.59 bits per heavy atom. The van der Waals surface area contributed by atoms with E-state index in [0.717, 1.165) is 0 Å². The quantitative estimate of drug-likeness (QED) is 0.829. The third-order valence-corrected chi connectivity index (χ3v) is 2.67. The van der Waals surface area contributed by atoms with Crippen LogP contribution in [-0.2, 0) is 9.53 Å². The van der Waals surface area contributed by atoms with Gasteiger partial charge in [-0.1, -0.05) is 6.92 Å². The fourth-order valence-electron chi connectivity index (χ4n) is 1.55. The number of carbonyl (C=O) groups excluding carboxylic acids is 1. The van der Waals surface area contributed by atoms with Gasteiger partial charge in [0, 0.05) is 6.42 Å². The lowest BCUT2D eigenvalue weighted by Gasteiger charge is -2.22. The fourth-order valence-corrected chi connectivity index (χ4v) is 1.55. The van der Waals surface area contributed by atoms with Crippen molar-refractivity contribution in [3.8, 4) is 0 Å². The summed E-state index contributed by atoms with van der Waals surface area (Å²) in [5.74, 6) is -4.61. The van der Waals surface area contributed by atoms with Crippen molar-refractivity contribution in [1.82, 2.24) is 4.90 Å². The summed E-state index contributed by atoms with van der Waals surface area (Å²) in [4.78, 5) is 22.9. The highest BCUT2D eigenvalue weighted by molar-refractivity contribution is 5.81. The van der Waals surface area contributed by atoms with Crippen LogP contribution >= 0.6 is 0 Å². The second kappa shape index (κ2) is 4.85. The number of halogens is 2. The molecule has 1 fully saturated rings. The van der Waals surface area contributed by atoms with Gasteiger partial charge in [0.25, 0.3) is 5.92 Å². The molecule has 1 N–H and O–H groups in total. The summed E-state index contributed by atoms with van der Waals surface area (Å²) in [6.07, 6.45) is -1.75. The van der Waals surface area contributed by atoms with Crippen LogP contribution in [0.2, 0.25) is 0 Å². The third-order valence-electron chi connectivity index (χ3n) is 2.67. The summed E-state index contributed by atoms with van der Waals surface area (Å²) in [6, 6.07) is -1.51. The van der Waals surface area contributed by atoms with Gasteiger partial charge in [-0.2, -0.15) is 0 Å². The van der Waals surface area contributed by atoms with Gasteiger partial charge < -0.3 is 9.84 Å². The van der Waals surface area contributed by atoms with Gasteiger partial charge in [-0.25, -0.2) is 18.4 Å². The molecule has 0 aromatic carbocycles. The van der Waals surface area contributed by atoms with Gasteiger partial charge in [0.1, 0.15) is 12.1 Å². The maximum absolute atomic E-state index is 13.1. The number of likely N-dealkylation sites (tertiary alicyclic amines) is 1. The minimum absolute atomic E-state index is 0.425. The SMILES string of the molecule is CCC(C)OC(=O)N1CC(F)(F)C[C@H]1C(=O)O. The number of alkyl halides is 2. The number of aliphatic carboxylic acids is 1. The topological polar surface area (TPSA) is 66.8 Å². The Hall–Kier alpha value is -1.40. The van der Waals surface area contributed by atoms with Crippen LogP contribution in [-0.4, -0.2) is 46.7 Å². The summed E-state index contributed by atoms with van der Waals surface area (Å²) in [7, 11) is 0. The van der Waals surface area contributed by atoms with Crippen LogP contribution in [0.25, 0.3) is 0 Å². The van der Waals surface area contributed by atoms with E-state index in [0.29, 0.717) is 11.3 Å². The first kappa shape index (κ1) is 13.7. The molecule has 1 aliphatic heterocycles. The Morgan fingerprint density at radius 2 is 2.18 bits per heavy atom. The van der Waals surface area contributed by atoms with Gasteiger partial charge in [0.15, 0.2) is 0 Å². The molecule has 1 amide bonds. The summed E-state index contributed by atoms with van der Waals surface area (Å²) in [6.45, 7) is 2.48. The largest absolute Gasteiger partial charge is 0.480 e. The van der Waals surface area contributed by atoms with Crippen molar-refractivity contribution in [2.45, 2.75) is 44.8 Å². The molecule has 0 radical (unpaired) electrons. The molecular formula is C10H15F2NO4. The summed E-state index contributed by atoms with van der Waals surface area (Å²) < 4.78 is 31.0. The molecule has 0 bridgehead atoms. The molecule has 2 atom stereocenters. The number of ether oxygens (including phenoxy) is 1. The lowest BCUT2D eigenvalue weighted by molar-refractivity contribution is -0.142. The number of nitrogens with zero attached hydrogens (tertiary/aromatic N) is 1. The van der Waals surface area contributed by atoms with Gasteiger partial charge >= 0.3 is 12.1 Å². The summed E-state index contributed by atoms with van der Waals surface area (Å²) in [5, 5.41) is 8.77. The maximum atomic E-state index is 13.1. The second-order valence-electron chi connectivity index (χ2n) is 4.14. The average molecular weight is 251 g/mol. The van der Waals surface area contributed by atoms with Crippen molar-refractivity contribution in [3.05, 3.63) is 0 Å². The van der Waals surface area contributed by atoms with E-state index in [2.05, 4.69) is 0 Å². The van der Waals surface area contributed by atoms with E-state index in [4.69, 9.17) is 9.84 Å². The molecule has 1 heterocycles. The molecule has 1 unspecified atom stereocenters. The van der Waals surface area contributed by atoms with Crippen LogP contribution in [0.3, 0.4) is 0 Å². The van der Waals surface area contributed by atoms with Crippen molar-refractivity contribution in [1.29, 1.82) is 0 Å². The van der Waals surface area contributed by atoms with E-state index in [1.165, 1.54) is 0 Å². The Labute approximate surface area is 97.3 Å². The molecule has 0 spiro atoms. The highest BCUT2D eigenvalue weighted by atomic mass is 19.3. The zero-order valence-corrected chi connectivity index (χ0v) is 9.65. The number of amides is 1. The minimum Gasteiger partial charge on any atom is -0.480 e. The average Bonchev–Trinajstić information content (AvgIpc) is 2.54. The van der Waals surface area contributed by atoms with Crippen molar-refractivity contribution < 1.29 is 28.2 Å². The zero-order valence-electron chi connectivity index (χ0n) is 9.65. The van der Waals surface area contributed by atoms with Gasteiger partial charge in [0.05, 0.1) is 6.54 Å². The second-order valence-corrected chi connectivity index (χ2v) is 4.14. The molecule has 7 heteroatoms. The first-order valence-corrected chi connectivity index (χ1v) is 5.34. The first-order valence-electron chi connectivity index (χ1n) is 5.34. The summed E-state index contributed by atoms with van der Waals surface area (Å²) >= 11 is 0. The molecule has 0 aromatic heterocycles. The number of hydrogen-bond acceptors (Lipinski definition) is 3. The van der Waals surface area contributed by atoms with Crippen molar-refractivity contribution in [2.75, 3.05) is 6.54 Å². The Morgan fingerprint density at radius 3 is 2.65 bits per heavy atom. The normalized spacial score (nSPS) is 24.5. The lowest BCUT2D eigenvalue weighted by Crippen LogP contribution is -2.42. The number of carboxylic acids is 1. The van der Waals surface area contributed by atoms with Gasteiger partial charge in [0.2, 0.25) is 0 Å². The number of hydrogen-bond donors (Lipinski definition) is 1. The third kappa shape index (κ3) is 3.28. The number of rotatable bonds is 3. The molecule has 1 aliphatic rings. The fraction of sp³-hybridized carbons (Fsp3) is 0.800. The molecule has 0 aromatic rings. The highest BCUT2D eigenvalue weighted by Crippen LogP contribution is 2.32. The Balaban J connectivity index is 2.74. The predicted octanol–water partition coefficient (Wildman–Crippen LogP) is 1.72. The monoisotopic (exact) mass is 251 g/mol. The molecule has 98 valence electrons. The number of carbonyl (C=O) groups is 2. The standard InChI is InChI=1S/C10H15F2NO4/c1-3-6(2)17-9(16)13-5-10(11,12)4-7(13)8(14)15/h6-7H,3-5H2,1-2H3,(H,14,15)/t6?,7-/m0/s1. The first-order chi connectivity index (χ1) is 7.76. The van der Waals surface area contributed by atoms with Crippen molar-refractivity contribution >= 4 is 12.1 Å². The van der Waals surface area contributed by atoms with Crippen LogP contribution in [0.5, 0.6) is 0 Å². The van der Waals surface area contributed by atoms with E-state index < -0.39 is 43.1 Å². The Kier molecular flexibility index (Phi) is 3.90. The van der Waals surface area contributed by atoms with Crippen molar-refractivity contribution in [3.63, 3.8) is 0 Å². The highest BCUT2D eigenvalue weighted by Gasteiger charge is 2.51. The molecular weight excluding hydrogens is 236 g/mol.